The Balaban J connectivity index is 1.58. The number of rotatable bonds is 5. The van der Waals surface area contributed by atoms with E-state index in [1.54, 1.807) is 36.4 Å². The summed E-state index contributed by atoms with van der Waals surface area (Å²) in [5, 5.41) is 5.55. The summed E-state index contributed by atoms with van der Waals surface area (Å²) < 4.78 is 17.7. The fourth-order valence-corrected chi connectivity index (χ4v) is 2.79. The van der Waals surface area contributed by atoms with Crippen LogP contribution in [0.2, 0.25) is 0 Å². The smallest absolute Gasteiger partial charge is 0.337 e. The van der Waals surface area contributed by atoms with E-state index in [-0.39, 0.29) is 17.3 Å². The van der Waals surface area contributed by atoms with Crippen LogP contribution >= 0.6 is 0 Å². The third-order valence-corrected chi connectivity index (χ3v) is 4.44. The molecule has 1 aliphatic carbocycles. The van der Waals surface area contributed by atoms with Crippen molar-refractivity contribution >= 4 is 17.7 Å². The number of amides is 2. The van der Waals surface area contributed by atoms with Gasteiger partial charge >= 0.3 is 12.0 Å². The van der Waals surface area contributed by atoms with E-state index in [1.807, 2.05) is 0 Å². The predicted octanol–water partition coefficient (Wildman–Crippen LogP) is 3.47. The van der Waals surface area contributed by atoms with Crippen molar-refractivity contribution in [2.75, 3.05) is 19.0 Å². The molecule has 25 heavy (non-hydrogen) atoms. The quantitative estimate of drug-likeness (QED) is 0.818. The van der Waals surface area contributed by atoms with Crippen molar-refractivity contribution < 1.29 is 18.7 Å². The van der Waals surface area contributed by atoms with Crippen molar-refractivity contribution in [1.82, 2.24) is 5.32 Å². The third-order valence-electron chi connectivity index (χ3n) is 4.44. The number of esters is 1. The van der Waals surface area contributed by atoms with Gasteiger partial charge in [-0.05, 0) is 48.7 Å². The Bertz CT molecular complexity index is 786. The summed E-state index contributed by atoms with van der Waals surface area (Å²) in [4.78, 5) is 23.6. The molecule has 0 atom stereocenters. The lowest BCUT2D eigenvalue weighted by Crippen LogP contribution is -2.35. The molecule has 0 saturated heterocycles. The average Bonchev–Trinajstić information content (AvgIpc) is 3.41. The van der Waals surface area contributed by atoms with E-state index in [4.69, 9.17) is 0 Å². The maximum atomic E-state index is 13.1. The number of nitrogens with one attached hydrogen (secondary N) is 2. The highest BCUT2D eigenvalue weighted by Crippen LogP contribution is 2.47. The number of anilines is 1. The number of hydrogen-bond acceptors (Lipinski definition) is 3. The molecular formula is C19H19FN2O3. The van der Waals surface area contributed by atoms with Crippen LogP contribution in [0, 0.1) is 5.82 Å². The van der Waals surface area contributed by atoms with Gasteiger partial charge in [-0.3, -0.25) is 0 Å². The normalized spacial score (nSPS) is 14.5. The van der Waals surface area contributed by atoms with E-state index < -0.39 is 5.97 Å². The Morgan fingerprint density at radius 3 is 2.52 bits per heavy atom. The van der Waals surface area contributed by atoms with E-state index in [0.29, 0.717) is 17.8 Å². The Morgan fingerprint density at radius 2 is 1.88 bits per heavy atom. The zero-order chi connectivity index (χ0) is 17.9. The van der Waals surface area contributed by atoms with Crippen molar-refractivity contribution in [3.05, 3.63) is 65.5 Å². The number of carbonyl (C=O) groups excluding carboxylic acids is 2. The van der Waals surface area contributed by atoms with Gasteiger partial charge in [0.15, 0.2) is 0 Å². The van der Waals surface area contributed by atoms with Gasteiger partial charge in [-0.25, -0.2) is 14.0 Å². The van der Waals surface area contributed by atoms with Crippen LogP contribution in [0.15, 0.2) is 48.5 Å². The van der Waals surface area contributed by atoms with Gasteiger partial charge in [0, 0.05) is 17.6 Å². The lowest BCUT2D eigenvalue weighted by atomic mass is 9.96. The molecule has 6 heteroatoms. The molecule has 1 fully saturated rings. The zero-order valence-corrected chi connectivity index (χ0v) is 13.8. The molecule has 2 aromatic rings. The van der Waals surface area contributed by atoms with Gasteiger partial charge in [0.25, 0.3) is 0 Å². The van der Waals surface area contributed by atoms with Gasteiger partial charge in [-0.15, -0.1) is 0 Å². The predicted molar refractivity (Wildman–Crippen MR) is 92.1 cm³/mol. The summed E-state index contributed by atoms with van der Waals surface area (Å²) in [5.41, 5.74) is 1.79. The molecular weight excluding hydrogens is 323 g/mol. The maximum Gasteiger partial charge on any atom is 0.337 e. The molecule has 130 valence electrons. The highest BCUT2D eigenvalue weighted by atomic mass is 19.1. The number of hydrogen-bond donors (Lipinski definition) is 2. The third kappa shape index (κ3) is 3.96. The van der Waals surface area contributed by atoms with Crippen molar-refractivity contribution in [1.29, 1.82) is 0 Å². The van der Waals surface area contributed by atoms with E-state index in [0.717, 1.165) is 18.4 Å². The molecule has 1 aliphatic rings. The van der Waals surface area contributed by atoms with E-state index in [2.05, 4.69) is 15.4 Å². The maximum absolute atomic E-state index is 13.1. The van der Waals surface area contributed by atoms with Gasteiger partial charge in [0.1, 0.15) is 5.82 Å². The lowest BCUT2D eigenvalue weighted by Gasteiger charge is -2.17. The minimum absolute atomic E-state index is 0.112. The van der Waals surface area contributed by atoms with Crippen LogP contribution in [0.25, 0.3) is 0 Å². The number of benzene rings is 2. The second-order valence-corrected chi connectivity index (χ2v) is 6.17. The summed E-state index contributed by atoms with van der Waals surface area (Å²) in [7, 11) is 1.31. The SMILES string of the molecule is COC(=O)c1cccc(NC(=O)NCC2(c3ccc(F)cc3)CC2)c1. The van der Waals surface area contributed by atoms with Crippen molar-refractivity contribution in [2.24, 2.45) is 0 Å². The number of carbonyl (C=O) groups is 2. The molecule has 0 radical (unpaired) electrons. The van der Waals surface area contributed by atoms with Crippen LogP contribution in [0.4, 0.5) is 14.9 Å². The van der Waals surface area contributed by atoms with Crippen molar-refractivity contribution in [3.63, 3.8) is 0 Å². The van der Waals surface area contributed by atoms with Gasteiger partial charge in [0.2, 0.25) is 0 Å². The first-order valence-corrected chi connectivity index (χ1v) is 8.02. The van der Waals surface area contributed by atoms with Crippen molar-refractivity contribution in [3.8, 4) is 0 Å². The monoisotopic (exact) mass is 342 g/mol. The number of ether oxygens (including phenoxy) is 1. The Labute approximate surface area is 145 Å². The van der Waals surface area contributed by atoms with Crippen LogP contribution < -0.4 is 10.6 Å². The molecule has 1 saturated carbocycles. The van der Waals surface area contributed by atoms with E-state index in [9.17, 15) is 14.0 Å². The van der Waals surface area contributed by atoms with Gasteiger partial charge < -0.3 is 15.4 Å². The molecule has 2 N–H and O–H groups in total. The van der Waals surface area contributed by atoms with Crippen LogP contribution in [0.3, 0.4) is 0 Å². The molecule has 3 rings (SSSR count). The molecule has 0 aromatic heterocycles. The number of methoxy groups -OCH3 is 1. The van der Waals surface area contributed by atoms with E-state index in [1.165, 1.54) is 19.2 Å². The highest BCUT2D eigenvalue weighted by molar-refractivity contribution is 5.93. The molecule has 0 unspecified atom stereocenters. The molecule has 0 bridgehead atoms. The number of urea groups is 1. The van der Waals surface area contributed by atoms with Crippen LogP contribution in [-0.2, 0) is 10.2 Å². The second kappa shape index (κ2) is 6.93. The first kappa shape index (κ1) is 17.0. The van der Waals surface area contributed by atoms with Crippen molar-refractivity contribution in [2.45, 2.75) is 18.3 Å². The summed E-state index contributed by atoms with van der Waals surface area (Å²) in [6.07, 6.45) is 1.91. The first-order chi connectivity index (χ1) is 12.0. The van der Waals surface area contributed by atoms with Gasteiger partial charge in [-0.1, -0.05) is 18.2 Å². The second-order valence-electron chi connectivity index (χ2n) is 6.17. The van der Waals surface area contributed by atoms with Gasteiger partial charge in [-0.2, -0.15) is 0 Å². The molecule has 5 nitrogen and oxygen atoms in total. The zero-order valence-electron chi connectivity index (χ0n) is 13.8. The Kier molecular flexibility index (Phi) is 4.70. The fraction of sp³-hybridized carbons (Fsp3) is 0.263. The summed E-state index contributed by atoms with van der Waals surface area (Å²) in [6.45, 7) is 0.473. The summed E-state index contributed by atoms with van der Waals surface area (Å²) in [5.74, 6) is -0.729. The minimum atomic E-state index is -0.461. The average molecular weight is 342 g/mol. The first-order valence-electron chi connectivity index (χ1n) is 8.02. The lowest BCUT2D eigenvalue weighted by molar-refractivity contribution is 0.0600. The molecule has 2 aromatic carbocycles. The molecule has 0 spiro atoms. The van der Waals surface area contributed by atoms with Gasteiger partial charge in [0.05, 0.1) is 12.7 Å². The summed E-state index contributed by atoms with van der Waals surface area (Å²) >= 11 is 0. The topological polar surface area (TPSA) is 67.4 Å². The Hall–Kier alpha value is -2.89. The van der Waals surface area contributed by atoms with Crippen LogP contribution in [0.5, 0.6) is 0 Å². The molecule has 2 amide bonds. The van der Waals surface area contributed by atoms with Crippen LogP contribution in [-0.4, -0.2) is 25.7 Å². The fourth-order valence-electron chi connectivity index (χ4n) is 2.79. The summed E-state index contributed by atoms with van der Waals surface area (Å²) in [6, 6.07) is 12.6. The minimum Gasteiger partial charge on any atom is -0.465 e. The number of halogens is 1. The highest BCUT2D eigenvalue weighted by Gasteiger charge is 2.44. The molecule has 0 aliphatic heterocycles. The standard InChI is InChI=1S/C19H19FN2O3/c1-25-17(23)13-3-2-4-16(11-13)22-18(24)21-12-19(9-10-19)14-5-7-15(20)8-6-14/h2-8,11H,9-10,12H2,1H3,(H2,21,22,24). The largest absolute Gasteiger partial charge is 0.465 e. The van der Waals surface area contributed by atoms with Crippen LogP contribution in [0.1, 0.15) is 28.8 Å². The van der Waals surface area contributed by atoms with E-state index >= 15 is 0 Å². The Morgan fingerprint density at radius 1 is 1.16 bits per heavy atom. The molecule has 0 heterocycles.